The minimum atomic E-state index is -4.46. The summed E-state index contributed by atoms with van der Waals surface area (Å²) in [5, 5.41) is 4.19. The van der Waals surface area contributed by atoms with Crippen LogP contribution in [0.5, 0.6) is 5.75 Å². The summed E-state index contributed by atoms with van der Waals surface area (Å²) < 4.78 is 75.2. The van der Waals surface area contributed by atoms with Crippen molar-refractivity contribution in [3.05, 3.63) is 64.2 Å². The molecule has 0 atom stereocenters. The molecular formula is C24H22F5N5O2. The molecule has 1 aromatic carbocycles. The molecule has 1 aliphatic heterocycles. The number of aromatic nitrogens is 4. The lowest BCUT2D eigenvalue weighted by atomic mass is 10.0. The van der Waals surface area contributed by atoms with Gasteiger partial charge in [-0.2, -0.15) is 18.3 Å². The highest BCUT2D eigenvalue weighted by atomic mass is 19.4. The predicted octanol–water partition coefficient (Wildman–Crippen LogP) is 4.16. The number of alkyl halides is 3. The van der Waals surface area contributed by atoms with Gasteiger partial charge >= 0.3 is 6.18 Å². The number of ether oxygens (including phenoxy) is 1. The number of aryl methyl sites for hydroxylation is 1. The Bertz CT molecular complexity index is 1350. The molecular weight excluding hydrogens is 485 g/mol. The number of benzene rings is 1. The molecule has 2 aromatic heterocycles. The number of halogens is 5. The Morgan fingerprint density at radius 2 is 1.81 bits per heavy atom. The van der Waals surface area contributed by atoms with Crippen LogP contribution in [0.15, 0.2) is 41.3 Å². The Labute approximate surface area is 202 Å². The van der Waals surface area contributed by atoms with Gasteiger partial charge in [0, 0.05) is 45.1 Å². The zero-order valence-electron chi connectivity index (χ0n) is 19.2. The molecule has 2 aliphatic rings. The summed E-state index contributed by atoms with van der Waals surface area (Å²) in [6.45, 7) is 0.815. The average Bonchev–Trinajstić information content (AvgIpc) is 3.65. The van der Waals surface area contributed by atoms with Gasteiger partial charge in [0.25, 0.3) is 5.56 Å². The number of hydrogen-bond acceptors (Lipinski definition) is 6. The quantitative estimate of drug-likeness (QED) is 0.483. The molecule has 3 heterocycles. The van der Waals surface area contributed by atoms with Crippen molar-refractivity contribution in [3.8, 4) is 17.1 Å². The van der Waals surface area contributed by atoms with Crippen LogP contribution in [0.25, 0.3) is 11.4 Å². The van der Waals surface area contributed by atoms with Crippen LogP contribution in [0.4, 0.5) is 27.8 Å². The van der Waals surface area contributed by atoms with Crippen molar-refractivity contribution < 1.29 is 26.7 Å². The fourth-order valence-corrected chi connectivity index (χ4v) is 4.39. The summed E-state index contributed by atoms with van der Waals surface area (Å²) >= 11 is 0. The number of piperidine rings is 1. The molecule has 1 saturated heterocycles. The standard InChI is InChI=1S/C24H22F5N5O2/c1-33-20(35)5-3-17(32-33)21-22(30-13-19(31-21)23(8-9-23)24(27,28)29)34-10-6-15(7-11-34)36-18-4-2-14(25)12-16(18)26/h2-5,12-13,15H,6-11H2,1H3. The van der Waals surface area contributed by atoms with Gasteiger partial charge in [-0.1, -0.05) is 0 Å². The molecule has 0 unspecified atom stereocenters. The average molecular weight is 507 g/mol. The van der Waals surface area contributed by atoms with Crippen molar-refractivity contribution in [2.75, 3.05) is 18.0 Å². The highest BCUT2D eigenvalue weighted by molar-refractivity contribution is 5.69. The second-order valence-corrected chi connectivity index (χ2v) is 9.07. The van der Waals surface area contributed by atoms with Gasteiger partial charge in [0.2, 0.25) is 0 Å². The molecule has 0 radical (unpaired) electrons. The molecule has 3 aromatic rings. The van der Waals surface area contributed by atoms with Gasteiger partial charge in [-0.05, 0) is 31.0 Å². The van der Waals surface area contributed by atoms with Crippen molar-refractivity contribution >= 4 is 5.82 Å². The third-order valence-electron chi connectivity index (χ3n) is 6.67. The molecule has 190 valence electrons. The zero-order valence-corrected chi connectivity index (χ0v) is 19.2. The van der Waals surface area contributed by atoms with E-state index in [0.717, 1.165) is 23.0 Å². The van der Waals surface area contributed by atoms with Crippen LogP contribution < -0.4 is 15.2 Å². The fourth-order valence-electron chi connectivity index (χ4n) is 4.39. The van der Waals surface area contributed by atoms with Gasteiger partial charge < -0.3 is 9.64 Å². The third-order valence-corrected chi connectivity index (χ3v) is 6.67. The highest BCUT2D eigenvalue weighted by Gasteiger charge is 2.65. The Balaban J connectivity index is 1.43. The molecule has 1 saturated carbocycles. The zero-order chi connectivity index (χ0) is 25.7. The van der Waals surface area contributed by atoms with Gasteiger partial charge in [-0.25, -0.2) is 23.4 Å². The smallest absolute Gasteiger partial charge is 0.400 e. The lowest BCUT2D eigenvalue weighted by Gasteiger charge is -2.34. The normalized spacial score (nSPS) is 17.8. The van der Waals surface area contributed by atoms with Gasteiger partial charge in [-0.3, -0.25) is 4.79 Å². The second-order valence-electron chi connectivity index (χ2n) is 9.07. The predicted molar refractivity (Wildman–Crippen MR) is 120 cm³/mol. The summed E-state index contributed by atoms with van der Waals surface area (Å²) in [6.07, 6.45) is -2.83. The van der Waals surface area contributed by atoms with E-state index in [1.807, 2.05) is 4.90 Å². The van der Waals surface area contributed by atoms with Gasteiger partial charge in [0.05, 0.1) is 11.9 Å². The molecule has 7 nitrogen and oxygen atoms in total. The Kier molecular flexibility index (Phi) is 5.92. The van der Waals surface area contributed by atoms with Crippen molar-refractivity contribution in [3.63, 3.8) is 0 Å². The summed E-state index contributed by atoms with van der Waals surface area (Å²) in [7, 11) is 1.44. The SMILES string of the molecule is Cn1nc(-c2nc(C3(C(F)(F)F)CC3)cnc2N2CCC(Oc3ccc(F)cc3F)CC2)ccc1=O. The van der Waals surface area contributed by atoms with Gasteiger partial charge in [-0.15, -0.1) is 0 Å². The van der Waals surface area contributed by atoms with E-state index in [0.29, 0.717) is 31.7 Å². The molecule has 0 amide bonds. The Morgan fingerprint density at radius 1 is 1.08 bits per heavy atom. The Hall–Kier alpha value is -3.57. The minimum Gasteiger partial charge on any atom is -0.487 e. The first-order valence-corrected chi connectivity index (χ1v) is 11.4. The topological polar surface area (TPSA) is 73.1 Å². The van der Waals surface area contributed by atoms with Crippen LogP contribution in [0.2, 0.25) is 0 Å². The molecule has 0 spiro atoms. The van der Waals surface area contributed by atoms with Gasteiger partial charge in [0.15, 0.2) is 17.4 Å². The van der Waals surface area contributed by atoms with Crippen LogP contribution in [0.1, 0.15) is 31.4 Å². The number of hydrogen-bond donors (Lipinski definition) is 0. The molecule has 0 bridgehead atoms. The third kappa shape index (κ3) is 4.40. The number of nitrogens with zero attached hydrogens (tertiary/aromatic N) is 5. The summed E-state index contributed by atoms with van der Waals surface area (Å²) in [5.74, 6) is -1.19. The van der Waals surface area contributed by atoms with E-state index in [1.165, 1.54) is 25.2 Å². The molecule has 1 aliphatic carbocycles. The first-order chi connectivity index (χ1) is 17.1. The van der Waals surface area contributed by atoms with Crippen LogP contribution in [0.3, 0.4) is 0 Å². The molecule has 0 N–H and O–H groups in total. The van der Waals surface area contributed by atoms with E-state index >= 15 is 0 Å². The monoisotopic (exact) mass is 507 g/mol. The summed E-state index contributed by atoms with van der Waals surface area (Å²) in [6, 6.07) is 5.79. The van der Waals surface area contributed by atoms with Crippen molar-refractivity contribution in [1.29, 1.82) is 0 Å². The largest absolute Gasteiger partial charge is 0.487 e. The second kappa shape index (κ2) is 8.82. The van der Waals surface area contributed by atoms with Crippen molar-refractivity contribution in [2.45, 2.75) is 43.4 Å². The van der Waals surface area contributed by atoms with E-state index in [-0.39, 0.29) is 47.3 Å². The maximum Gasteiger partial charge on any atom is 0.400 e. The van der Waals surface area contributed by atoms with Crippen molar-refractivity contribution in [1.82, 2.24) is 19.7 Å². The summed E-state index contributed by atoms with van der Waals surface area (Å²) in [4.78, 5) is 22.4. The minimum absolute atomic E-state index is 0.0454. The maximum absolute atomic E-state index is 14.0. The van der Waals surface area contributed by atoms with Crippen LogP contribution >= 0.6 is 0 Å². The van der Waals surface area contributed by atoms with Crippen LogP contribution in [-0.2, 0) is 12.5 Å². The first-order valence-electron chi connectivity index (χ1n) is 11.4. The van der Waals surface area contributed by atoms with E-state index in [9.17, 15) is 26.7 Å². The lowest BCUT2D eigenvalue weighted by molar-refractivity contribution is -0.161. The van der Waals surface area contributed by atoms with Crippen molar-refractivity contribution in [2.24, 2.45) is 7.05 Å². The number of anilines is 1. The highest BCUT2D eigenvalue weighted by Crippen LogP contribution is 2.58. The lowest BCUT2D eigenvalue weighted by Crippen LogP contribution is -2.39. The molecule has 2 fully saturated rings. The van der Waals surface area contributed by atoms with E-state index < -0.39 is 23.2 Å². The maximum atomic E-state index is 14.0. The van der Waals surface area contributed by atoms with Crippen LogP contribution in [-0.4, -0.2) is 45.1 Å². The summed E-state index contributed by atoms with van der Waals surface area (Å²) in [5.41, 5.74) is -2.18. The van der Waals surface area contributed by atoms with E-state index in [2.05, 4.69) is 15.1 Å². The molecule has 12 heteroatoms. The molecule has 36 heavy (non-hydrogen) atoms. The van der Waals surface area contributed by atoms with E-state index in [1.54, 1.807) is 0 Å². The van der Waals surface area contributed by atoms with Crippen LogP contribution in [0, 0.1) is 11.6 Å². The van der Waals surface area contributed by atoms with E-state index in [4.69, 9.17) is 4.74 Å². The Morgan fingerprint density at radius 3 is 2.42 bits per heavy atom. The number of rotatable bonds is 5. The fraction of sp³-hybridized carbons (Fsp3) is 0.417. The molecule has 5 rings (SSSR count). The first kappa shape index (κ1) is 24.1. The van der Waals surface area contributed by atoms with Gasteiger partial charge in [0.1, 0.15) is 28.7 Å².